The number of ether oxygens (including phenoxy) is 2. The van der Waals surface area contributed by atoms with E-state index in [1.807, 2.05) is 19.9 Å². The molecule has 1 aliphatic heterocycles. The van der Waals surface area contributed by atoms with Crippen LogP contribution in [0.5, 0.6) is 5.75 Å². The van der Waals surface area contributed by atoms with Crippen LogP contribution in [0.25, 0.3) is 11.0 Å². The minimum atomic E-state index is -0.767. The van der Waals surface area contributed by atoms with Gasteiger partial charge in [-0.25, -0.2) is 4.63 Å². The minimum absolute atomic E-state index is 0.215. The van der Waals surface area contributed by atoms with Crippen LogP contribution in [0.1, 0.15) is 45.2 Å². The Hall–Kier alpha value is -2.19. The Bertz CT molecular complexity index is 758. The quantitative estimate of drug-likeness (QED) is 0.600. The van der Waals surface area contributed by atoms with Crippen molar-refractivity contribution in [2.75, 3.05) is 13.2 Å². The first-order chi connectivity index (χ1) is 11.9. The number of esters is 1. The van der Waals surface area contributed by atoms with Crippen molar-refractivity contribution >= 4 is 17.0 Å². The molecule has 2 atom stereocenters. The molecule has 8 heteroatoms. The fraction of sp³-hybridized carbons (Fsp3) is 0.588. The number of fused-ring (bicyclic) bond motifs is 2. The molecule has 8 nitrogen and oxygen atoms in total. The van der Waals surface area contributed by atoms with Crippen LogP contribution < -0.4 is 10.1 Å². The molecule has 136 valence electrons. The highest BCUT2D eigenvalue weighted by Gasteiger charge is 2.43. The summed E-state index contributed by atoms with van der Waals surface area (Å²) < 4.78 is 15.6. The summed E-state index contributed by atoms with van der Waals surface area (Å²) in [5, 5.41) is 21.7. The number of nitrogens with zero attached hydrogens (tertiary/aromatic N) is 2. The molecular formula is C17H23N3O5. The second-order valence-corrected chi connectivity index (χ2v) is 6.63. The van der Waals surface area contributed by atoms with E-state index >= 15 is 0 Å². The van der Waals surface area contributed by atoms with Crippen molar-refractivity contribution in [3.8, 4) is 5.75 Å². The number of aromatic nitrogens is 2. The van der Waals surface area contributed by atoms with E-state index in [9.17, 15) is 9.90 Å². The molecule has 0 amide bonds. The van der Waals surface area contributed by atoms with Crippen molar-refractivity contribution < 1.29 is 24.0 Å². The van der Waals surface area contributed by atoms with Crippen molar-refractivity contribution in [2.24, 2.45) is 0 Å². The van der Waals surface area contributed by atoms with Gasteiger partial charge in [-0.2, -0.15) is 0 Å². The molecule has 25 heavy (non-hydrogen) atoms. The zero-order chi connectivity index (χ0) is 18.0. The largest absolute Gasteiger partial charge is 0.485 e. The average Bonchev–Trinajstić information content (AvgIpc) is 3.00. The van der Waals surface area contributed by atoms with Crippen LogP contribution in [-0.4, -0.2) is 46.2 Å². The summed E-state index contributed by atoms with van der Waals surface area (Å²) in [5.74, 6) is 0.425. The molecule has 2 N–H and O–H groups in total. The van der Waals surface area contributed by atoms with E-state index in [0.717, 1.165) is 5.56 Å². The maximum atomic E-state index is 11.4. The van der Waals surface area contributed by atoms with Crippen molar-refractivity contribution in [2.45, 2.75) is 51.4 Å². The molecule has 1 aromatic carbocycles. The van der Waals surface area contributed by atoms with Gasteiger partial charge in [0.1, 0.15) is 28.5 Å². The lowest BCUT2D eigenvalue weighted by Gasteiger charge is -2.42. The van der Waals surface area contributed by atoms with Gasteiger partial charge in [0.2, 0.25) is 0 Å². The van der Waals surface area contributed by atoms with Crippen LogP contribution in [0.4, 0.5) is 0 Å². The Morgan fingerprint density at radius 1 is 1.36 bits per heavy atom. The van der Waals surface area contributed by atoms with E-state index in [2.05, 4.69) is 15.6 Å². The summed E-state index contributed by atoms with van der Waals surface area (Å²) >= 11 is 0. The molecule has 0 saturated carbocycles. The molecule has 0 aliphatic carbocycles. The molecule has 2 unspecified atom stereocenters. The zero-order valence-electron chi connectivity index (χ0n) is 14.6. The summed E-state index contributed by atoms with van der Waals surface area (Å²) in [6, 6.07) is 3.23. The van der Waals surface area contributed by atoms with Crippen LogP contribution in [0.3, 0.4) is 0 Å². The van der Waals surface area contributed by atoms with E-state index in [0.29, 0.717) is 42.8 Å². The van der Waals surface area contributed by atoms with Crippen LogP contribution in [0.15, 0.2) is 16.8 Å². The third kappa shape index (κ3) is 3.59. The highest BCUT2D eigenvalue weighted by atomic mass is 16.6. The van der Waals surface area contributed by atoms with Gasteiger partial charge in [-0.1, -0.05) is 0 Å². The van der Waals surface area contributed by atoms with Gasteiger partial charge in [0.15, 0.2) is 0 Å². The molecule has 0 bridgehead atoms. The predicted octanol–water partition coefficient (Wildman–Crippen LogP) is 1.73. The molecule has 3 rings (SSSR count). The van der Waals surface area contributed by atoms with Gasteiger partial charge in [0, 0.05) is 18.1 Å². The van der Waals surface area contributed by atoms with Crippen LogP contribution in [-0.2, 0) is 9.53 Å². The molecule has 2 aromatic rings. The maximum absolute atomic E-state index is 11.4. The minimum Gasteiger partial charge on any atom is -0.485 e. The van der Waals surface area contributed by atoms with Gasteiger partial charge in [0.05, 0.1) is 12.6 Å². The van der Waals surface area contributed by atoms with E-state index < -0.39 is 11.7 Å². The summed E-state index contributed by atoms with van der Waals surface area (Å²) in [6.45, 7) is 6.39. The fourth-order valence-corrected chi connectivity index (χ4v) is 3.02. The number of rotatable bonds is 6. The Morgan fingerprint density at radius 2 is 2.08 bits per heavy atom. The SMILES string of the molecule is CCOC(=O)CCCNC1c2cc3nonc3cc2OC(C)(C)C1O. The number of nitrogens with one attached hydrogen (secondary N) is 1. The van der Waals surface area contributed by atoms with Crippen molar-refractivity contribution in [1.82, 2.24) is 15.6 Å². The van der Waals surface area contributed by atoms with Crippen LogP contribution >= 0.6 is 0 Å². The number of hydrogen-bond donors (Lipinski definition) is 2. The first-order valence-corrected chi connectivity index (χ1v) is 8.44. The topological polar surface area (TPSA) is 107 Å². The zero-order valence-corrected chi connectivity index (χ0v) is 14.6. The second-order valence-electron chi connectivity index (χ2n) is 6.63. The highest BCUT2D eigenvalue weighted by molar-refractivity contribution is 5.77. The lowest BCUT2D eigenvalue weighted by Crippen LogP contribution is -2.52. The van der Waals surface area contributed by atoms with Gasteiger partial charge in [0.25, 0.3) is 0 Å². The maximum Gasteiger partial charge on any atom is 0.305 e. The summed E-state index contributed by atoms with van der Waals surface area (Å²) in [6.07, 6.45) is 0.189. The first kappa shape index (κ1) is 17.6. The lowest BCUT2D eigenvalue weighted by atomic mass is 9.86. The van der Waals surface area contributed by atoms with E-state index in [1.54, 1.807) is 13.0 Å². The summed E-state index contributed by atoms with van der Waals surface area (Å²) in [4.78, 5) is 11.4. The summed E-state index contributed by atoms with van der Waals surface area (Å²) in [7, 11) is 0. The van der Waals surface area contributed by atoms with Gasteiger partial charge in [-0.15, -0.1) is 0 Å². The number of aliphatic hydroxyl groups excluding tert-OH is 1. The van der Waals surface area contributed by atoms with Crippen molar-refractivity contribution in [3.63, 3.8) is 0 Å². The third-order valence-corrected chi connectivity index (χ3v) is 4.35. The van der Waals surface area contributed by atoms with E-state index in [1.165, 1.54) is 0 Å². The van der Waals surface area contributed by atoms with Gasteiger partial charge >= 0.3 is 5.97 Å². The first-order valence-electron chi connectivity index (χ1n) is 8.44. The van der Waals surface area contributed by atoms with Gasteiger partial charge in [-0.3, -0.25) is 4.79 Å². The van der Waals surface area contributed by atoms with Crippen molar-refractivity contribution in [1.29, 1.82) is 0 Å². The normalized spacial score (nSPS) is 21.6. The molecule has 0 fully saturated rings. The second kappa shape index (κ2) is 6.97. The number of carbonyl (C=O) groups is 1. The Morgan fingerprint density at radius 3 is 2.80 bits per heavy atom. The number of carbonyl (C=O) groups excluding carboxylic acids is 1. The van der Waals surface area contributed by atoms with E-state index in [4.69, 9.17) is 14.1 Å². The molecule has 1 aromatic heterocycles. The Labute approximate surface area is 145 Å². The molecule has 2 heterocycles. The standard InChI is InChI=1S/C17H23N3O5/c1-4-23-14(21)6-5-7-18-15-10-8-11-12(20-25-19-11)9-13(10)24-17(2,3)16(15)22/h8-9,15-16,18,22H,4-7H2,1-3H3. The van der Waals surface area contributed by atoms with Gasteiger partial charge in [-0.05, 0) is 50.1 Å². The predicted molar refractivity (Wildman–Crippen MR) is 89.1 cm³/mol. The molecule has 0 radical (unpaired) electrons. The van der Waals surface area contributed by atoms with E-state index in [-0.39, 0.29) is 12.0 Å². The lowest BCUT2D eigenvalue weighted by molar-refractivity contribution is -0.143. The number of benzene rings is 1. The van der Waals surface area contributed by atoms with Gasteiger partial charge < -0.3 is 19.9 Å². The number of aliphatic hydroxyl groups is 1. The molecule has 0 saturated heterocycles. The molecular weight excluding hydrogens is 326 g/mol. The molecule has 1 aliphatic rings. The monoisotopic (exact) mass is 349 g/mol. The van der Waals surface area contributed by atoms with Crippen LogP contribution in [0, 0.1) is 0 Å². The smallest absolute Gasteiger partial charge is 0.305 e. The number of hydrogen-bond acceptors (Lipinski definition) is 8. The third-order valence-electron chi connectivity index (χ3n) is 4.35. The highest BCUT2D eigenvalue weighted by Crippen LogP contribution is 2.41. The fourth-order valence-electron chi connectivity index (χ4n) is 3.02. The average molecular weight is 349 g/mol. The van der Waals surface area contributed by atoms with Crippen LogP contribution in [0.2, 0.25) is 0 Å². The van der Waals surface area contributed by atoms with Crippen molar-refractivity contribution in [3.05, 3.63) is 17.7 Å². The Kier molecular flexibility index (Phi) is 4.91. The summed E-state index contributed by atoms with van der Waals surface area (Å²) in [5.41, 5.74) is 1.24. The Balaban J connectivity index is 1.76. The molecule has 0 spiro atoms.